The van der Waals surface area contributed by atoms with Crippen molar-refractivity contribution in [3.63, 3.8) is 0 Å². The van der Waals surface area contributed by atoms with E-state index in [9.17, 15) is 5.11 Å². The van der Waals surface area contributed by atoms with Crippen LogP contribution in [-0.2, 0) is 11.0 Å². The summed E-state index contributed by atoms with van der Waals surface area (Å²) in [5.41, 5.74) is 6.17. The molecule has 2 nitrogen and oxygen atoms in total. The van der Waals surface area contributed by atoms with Crippen LogP contribution >= 0.6 is 0 Å². The molecule has 0 aliphatic carbocycles. The fourth-order valence-electron chi connectivity index (χ4n) is 6.23. The number of hydrogen-bond donors (Lipinski definition) is 1. The zero-order valence-electron chi connectivity index (χ0n) is 20.6. The lowest BCUT2D eigenvalue weighted by Gasteiger charge is -2.51. The van der Waals surface area contributed by atoms with E-state index in [0.29, 0.717) is 0 Å². The number of likely N-dealkylation sites (tertiary alicyclic amines) is 1. The van der Waals surface area contributed by atoms with E-state index in [-0.39, 0.29) is 17.6 Å². The number of aryl methyl sites for hydroxylation is 1. The number of aliphatic hydroxyl groups excluding tert-OH is 1. The zero-order chi connectivity index (χ0) is 24.1. The Morgan fingerprint density at radius 3 is 1.60 bits per heavy atom. The topological polar surface area (TPSA) is 23.5 Å². The van der Waals surface area contributed by atoms with E-state index in [4.69, 9.17) is 0 Å². The predicted molar refractivity (Wildman–Crippen MR) is 145 cm³/mol. The van der Waals surface area contributed by atoms with Gasteiger partial charge in [0.15, 0.2) is 0 Å². The molecule has 5 rings (SSSR count). The lowest BCUT2D eigenvalue weighted by atomic mass is 9.68. The molecule has 0 spiro atoms. The van der Waals surface area contributed by atoms with Crippen LogP contribution in [0.1, 0.15) is 47.1 Å². The molecule has 0 atom stereocenters. The zero-order valence-corrected chi connectivity index (χ0v) is 20.6. The maximum absolute atomic E-state index is 10.1. The van der Waals surface area contributed by atoms with Crippen LogP contribution in [0.4, 0.5) is 0 Å². The molecule has 0 saturated carbocycles. The summed E-state index contributed by atoms with van der Waals surface area (Å²) in [4.78, 5) is 2.68. The highest BCUT2D eigenvalue weighted by Crippen LogP contribution is 2.47. The number of aliphatic hydroxyl groups is 1. The quantitative estimate of drug-likeness (QED) is 0.309. The second kappa shape index (κ2) is 10.2. The van der Waals surface area contributed by atoms with Crippen molar-refractivity contribution in [2.45, 2.75) is 37.1 Å². The number of nitrogens with zero attached hydrogens (tertiary/aromatic N) is 1. The molecule has 1 aliphatic rings. The number of benzene rings is 4. The molecule has 1 N–H and O–H groups in total. The van der Waals surface area contributed by atoms with E-state index in [2.05, 4.69) is 127 Å². The standard InChI is InChI=1S/C33H35NO/c1-27-12-11-19-31(26-27)32(22-25-35)20-23-34(24-21-32)33(28-13-5-2-6-14-28,29-15-7-3-8-16-29)30-17-9-4-10-18-30/h2-19,26,35H,20-25H2,1H3. The number of rotatable bonds is 7. The van der Waals surface area contributed by atoms with Gasteiger partial charge in [0.25, 0.3) is 0 Å². The number of piperidine rings is 1. The van der Waals surface area contributed by atoms with Crippen LogP contribution in [0.2, 0.25) is 0 Å². The lowest BCUT2D eigenvalue weighted by Crippen LogP contribution is -2.54. The monoisotopic (exact) mass is 461 g/mol. The van der Waals surface area contributed by atoms with Crippen molar-refractivity contribution < 1.29 is 5.11 Å². The SMILES string of the molecule is Cc1cccc(C2(CCO)CCN(C(c3ccccc3)(c3ccccc3)c3ccccc3)CC2)c1. The minimum Gasteiger partial charge on any atom is -0.396 e. The number of hydrogen-bond acceptors (Lipinski definition) is 2. The third-order valence-electron chi connectivity index (χ3n) is 7.99. The smallest absolute Gasteiger partial charge is 0.0972 e. The Kier molecular flexibility index (Phi) is 6.86. The van der Waals surface area contributed by atoms with Gasteiger partial charge in [-0.15, -0.1) is 0 Å². The van der Waals surface area contributed by atoms with Gasteiger partial charge in [0.1, 0.15) is 0 Å². The summed E-state index contributed by atoms with van der Waals surface area (Å²) in [6, 6.07) is 41.8. The summed E-state index contributed by atoms with van der Waals surface area (Å²) >= 11 is 0. The first-order valence-electron chi connectivity index (χ1n) is 12.8. The summed E-state index contributed by atoms with van der Waals surface area (Å²) in [7, 11) is 0. The Labute approximate surface area is 209 Å². The average molecular weight is 462 g/mol. The molecule has 0 unspecified atom stereocenters. The fourth-order valence-corrected chi connectivity index (χ4v) is 6.23. The van der Waals surface area contributed by atoms with Gasteiger partial charge in [0.05, 0.1) is 5.54 Å². The van der Waals surface area contributed by atoms with E-state index >= 15 is 0 Å². The Morgan fingerprint density at radius 2 is 1.17 bits per heavy atom. The summed E-state index contributed by atoms with van der Waals surface area (Å²) in [6.45, 7) is 4.28. The van der Waals surface area contributed by atoms with Crippen LogP contribution in [0.5, 0.6) is 0 Å². The summed E-state index contributed by atoms with van der Waals surface area (Å²) in [5, 5.41) is 10.1. The maximum atomic E-state index is 10.1. The van der Waals surface area contributed by atoms with Gasteiger partial charge in [-0.3, -0.25) is 4.90 Å². The van der Waals surface area contributed by atoms with Gasteiger partial charge in [0, 0.05) is 19.7 Å². The lowest BCUT2D eigenvalue weighted by molar-refractivity contribution is 0.0747. The highest BCUT2D eigenvalue weighted by Gasteiger charge is 2.46. The van der Waals surface area contributed by atoms with Gasteiger partial charge >= 0.3 is 0 Å². The molecule has 4 aromatic carbocycles. The van der Waals surface area contributed by atoms with E-state index in [1.807, 2.05) is 0 Å². The minimum atomic E-state index is -0.373. The fraction of sp³-hybridized carbons (Fsp3) is 0.273. The van der Waals surface area contributed by atoms with Crippen LogP contribution in [0.3, 0.4) is 0 Å². The second-order valence-electron chi connectivity index (χ2n) is 9.92. The molecule has 178 valence electrons. The predicted octanol–water partition coefficient (Wildman–Crippen LogP) is 6.70. The molecule has 1 fully saturated rings. The van der Waals surface area contributed by atoms with Gasteiger partial charge in [-0.25, -0.2) is 0 Å². The summed E-state index contributed by atoms with van der Waals surface area (Å²) in [5.74, 6) is 0. The van der Waals surface area contributed by atoms with E-state index in [1.165, 1.54) is 27.8 Å². The molecule has 1 aliphatic heterocycles. The minimum absolute atomic E-state index is 0.00702. The van der Waals surface area contributed by atoms with E-state index < -0.39 is 0 Å². The molecule has 0 radical (unpaired) electrons. The molecule has 1 heterocycles. The Morgan fingerprint density at radius 1 is 0.686 bits per heavy atom. The molecular formula is C33H35NO. The van der Waals surface area contributed by atoms with Gasteiger partial charge < -0.3 is 5.11 Å². The Bertz CT molecular complexity index is 1120. The highest BCUT2D eigenvalue weighted by molar-refractivity contribution is 5.50. The van der Waals surface area contributed by atoms with E-state index in [1.54, 1.807) is 0 Å². The molecule has 35 heavy (non-hydrogen) atoms. The summed E-state index contributed by atoms with van der Waals surface area (Å²) < 4.78 is 0. The first-order valence-corrected chi connectivity index (χ1v) is 12.8. The molecule has 2 heteroatoms. The van der Waals surface area contributed by atoms with Gasteiger partial charge in [-0.05, 0) is 53.9 Å². The first-order chi connectivity index (χ1) is 17.2. The van der Waals surface area contributed by atoms with Crippen molar-refractivity contribution in [1.29, 1.82) is 0 Å². The van der Waals surface area contributed by atoms with Crippen LogP contribution in [-0.4, -0.2) is 29.7 Å². The van der Waals surface area contributed by atoms with Gasteiger partial charge in [-0.1, -0.05) is 121 Å². The maximum Gasteiger partial charge on any atom is 0.0972 e. The summed E-state index contributed by atoms with van der Waals surface area (Å²) in [6.07, 6.45) is 2.84. The molecule has 0 amide bonds. The average Bonchev–Trinajstić information content (AvgIpc) is 2.92. The molecule has 0 aromatic heterocycles. The third-order valence-corrected chi connectivity index (χ3v) is 7.99. The van der Waals surface area contributed by atoms with Crippen molar-refractivity contribution >= 4 is 0 Å². The van der Waals surface area contributed by atoms with Gasteiger partial charge in [-0.2, -0.15) is 0 Å². The van der Waals surface area contributed by atoms with Crippen molar-refractivity contribution in [1.82, 2.24) is 4.90 Å². The molecule has 1 saturated heterocycles. The van der Waals surface area contributed by atoms with Crippen LogP contribution in [0, 0.1) is 6.92 Å². The van der Waals surface area contributed by atoms with Crippen LogP contribution in [0.25, 0.3) is 0 Å². The highest BCUT2D eigenvalue weighted by atomic mass is 16.3. The first kappa shape index (κ1) is 23.5. The van der Waals surface area contributed by atoms with Crippen molar-refractivity contribution in [2.24, 2.45) is 0 Å². The molecular weight excluding hydrogens is 426 g/mol. The second-order valence-corrected chi connectivity index (χ2v) is 9.92. The Hall–Kier alpha value is -3.20. The molecule has 0 bridgehead atoms. The van der Waals surface area contributed by atoms with Crippen LogP contribution in [0.15, 0.2) is 115 Å². The van der Waals surface area contributed by atoms with Crippen molar-refractivity contribution in [3.05, 3.63) is 143 Å². The van der Waals surface area contributed by atoms with E-state index in [0.717, 1.165) is 32.4 Å². The normalized spacial score (nSPS) is 16.2. The van der Waals surface area contributed by atoms with Crippen LogP contribution < -0.4 is 0 Å². The molecule has 4 aromatic rings. The largest absolute Gasteiger partial charge is 0.396 e. The third kappa shape index (κ3) is 4.33. The van der Waals surface area contributed by atoms with Crippen molar-refractivity contribution in [3.8, 4) is 0 Å². The van der Waals surface area contributed by atoms with Crippen molar-refractivity contribution in [2.75, 3.05) is 19.7 Å². The Balaban J connectivity index is 1.62. The van der Waals surface area contributed by atoms with Gasteiger partial charge in [0.2, 0.25) is 0 Å².